The highest BCUT2D eigenvalue weighted by Gasteiger charge is 1.99. The van der Waals surface area contributed by atoms with Gasteiger partial charge in [-0.1, -0.05) is 6.58 Å². The Hall–Kier alpha value is -1.64. The van der Waals surface area contributed by atoms with E-state index in [9.17, 15) is 0 Å². The van der Waals surface area contributed by atoms with Gasteiger partial charge in [0.1, 0.15) is 5.52 Å². The van der Waals surface area contributed by atoms with Crippen LogP contribution in [0, 0.1) is 0 Å². The van der Waals surface area contributed by atoms with Crippen molar-refractivity contribution in [1.29, 1.82) is 0 Å². The van der Waals surface area contributed by atoms with Gasteiger partial charge in [0.25, 0.3) is 0 Å². The van der Waals surface area contributed by atoms with E-state index in [2.05, 4.69) is 16.5 Å². The van der Waals surface area contributed by atoms with E-state index in [1.807, 2.05) is 23.7 Å². The molecule has 0 fully saturated rings. The number of pyridine rings is 1. The van der Waals surface area contributed by atoms with E-state index in [0.717, 1.165) is 16.9 Å². The van der Waals surface area contributed by atoms with Crippen molar-refractivity contribution in [2.24, 2.45) is 7.05 Å². The van der Waals surface area contributed by atoms with Crippen molar-refractivity contribution in [3.8, 4) is 0 Å². The first-order valence-electron chi connectivity index (χ1n) is 3.72. The summed E-state index contributed by atoms with van der Waals surface area (Å²) in [6, 6.07) is 3.85. The molecular weight excluding hydrogens is 150 g/mol. The molecular formula is C9H9N3. The van der Waals surface area contributed by atoms with E-state index in [1.54, 1.807) is 12.4 Å². The van der Waals surface area contributed by atoms with Crippen LogP contribution >= 0.6 is 0 Å². The first-order chi connectivity index (χ1) is 5.81. The van der Waals surface area contributed by atoms with Gasteiger partial charge in [0.15, 0.2) is 5.65 Å². The van der Waals surface area contributed by atoms with Crippen LogP contribution in [-0.4, -0.2) is 14.5 Å². The van der Waals surface area contributed by atoms with Gasteiger partial charge in [0, 0.05) is 7.05 Å². The third-order valence-corrected chi connectivity index (χ3v) is 1.79. The molecule has 3 heteroatoms. The molecule has 2 rings (SSSR count). The Balaban J connectivity index is 2.79. The monoisotopic (exact) mass is 159 g/mol. The lowest BCUT2D eigenvalue weighted by atomic mass is 10.3. The second-order valence-electron chi connectivity index (χ2n) is 2.64. The van der Waals surface area contributed by atoms with Crippen LogP contribution in [-0.2, 0) is 7.05 Å². The Labute approximate surface area is 70.4 Å². The third kappa shape index (κ3) is 0.906. The molecule has 0 bridgehead atoms. The van der Waals surface area contributed by atoms with Crippen LogP contribution in [0.5, 0.6) is 0 Å². The van der Waals surface area contributed by atoms with Gasteiger partial charge >= 0.3 is 0 Å². The Morgan fingerprint density at radius 3 is 3.08 bits per heavy atom. The second kappa shape index (κ2) is 2.44. The summed E-state index contributed by atoms with van der Waals surface area (Å²) in [5.74, 6) is 0. The molecule has 60 valence electrons. The van der Waals surface area contributed by atoms with E-state index in [1.165, 1.54) is 0 Å². The van der Waals surface area contributed by atoms with E-state index in [4.69, 9.17) is 0 Å². The molecule has 0 atom stereocenters. The van der Waals surface area contributed by atoms with Crippen molar-refractivity contribution in [2.75, 3.05) is 0 Å². The number of nitrogens with zero attached hydrogens (tertiary/aromatic N) is 3. The highest BCUT2D eigenvalue weighted by Crippen LogP contribution is 2.09. The van der Waals surface area contributed by atoms with Gasteiger partial charge in [-0.15, -0.1) is 0 Å². The predicted molar refractivity (Wildman–Crippen MR) is 48.6 cm³/mol. The molecule has 0 unspecified atom stereocenters. The summed E-state index contributed by atoms with van der Waals surface area (Å²) in [5, 5.41) is 0. The Kier molecular flexibility index (Phi) is 1.43. The fourth-order valence-electron chi connectivity index (χ4n) is 1.13. The highest BCUT2D eigenvalue weighted by atomic mass is 15.1. The van der Waals surface area contributed by atoms with Crippen molar-refractivity contribution in [1.82, 2.24) is 14.5 Å². The summed E-state index contributed by atoms with van der Waals surface area (Å²) in [4.78, 5) is 8.50. The smallest absolute Gasteiger partial charge is 0.160 e. The number of aryl methyl sites for hydroxylation is 1. The molecule has 0 aliphatic rings. The molecule has 3 nitrogen and oxygen atoms in total. The van der Waals surface area contributed by atoms with E-state index < -0.39 is 0 Å². The van der Waals surface area contributed by atoms with Crippen molar-refractivity contribution in [2.45, 2.75) is 0 Å². The van der Waals surface area contributed by atoms with Gasteiger partial charge in [-0.2, -0.15) is 0 Å². The lowest BCUT2D eigenvalue weighted by molar-refractivity contribution is 0.930. The summed E-state index contributed by atoms with van der Waals surface area (Å²) in [7, 11) is 1.93. The third-order valence-electron chi connectivity index (χ3n) is 1.79. The van der Waals surface area contributed by atoms with Crippen LogP contribution in [0.4, 0.5) is 0 Å². The first kappa shape index (κ1) is 7.03. The molecule has 2 aromatic rings. The summed E-state index contributed by atoms with van der Waals surface area (Å²) < 4.78 is 1.89. The first-order valence-corrected chi connectivity index (χ1v) is 3.72. The molecule has 12 heavy (non-hydrogen) atoms. The fourth-order valence-corrected chi connectivity index (χ4v) is 1.13. The molecule has 0 spiro atoms. The van der Waals surface area contributed by atoms with Gasteiger partial charge in [-0.05, 0) is 18.2 Å². The van der Waals surface area contributed by atoms with Crippen LogP contribution in [0.1, 0.15) is 5.69 Å². The van der Waals surface area contributed by atoms with Gasteiger partial charge in [0.05, 0.1) is 12.0 Å². The van der Waals surface area contributed by atoms with E-state index >= 15 is 0 Å². The number of fused-ring (bicyclic) bond motifs is 1. The number of aromatic nitrogens is 3. The molecule has 0 amide bonds. The molecule has 0 saturated carbocycles. The van der Waals surface area contributed by atoms with Crippen molar-refractivity contribution >= 4 is 17.2 Å². The molecule has 0 aliphatic carbocycles. The normalized spacial score (nSPS) is 10.4. The predicted octanol–water partition coefficient (Wildman–Crippen LogP) is 1.61. The lowest BCUT2D eigenvalue weighted by Crippen LogP contribution is -1.88. The maximum absolute atomic E-state index is 4.34. The van der Waals surface area contributed by atoms with Crippen LogP contribution in [0.25, 0.3) is 17.2 Å². The molecule has 0 N–H and O–H groups in total. The molecule has 0 saturated heterocycles. The zero-order chi connectivity index (χ0) is 8.55. The minimum Gasteiger partial charge on any atom is -0.318 e. The molecule has 2 aromatic heterocycles. The summed E-state index contributed by atoms with van der Waals surface area (Å²) in [6.07, 6.45) is 3.48. The standard InChI is InChI=1S/C9H9N3/c1-3-7-4-5-8-9(11-7)12(2)6-10-8/h3-6H,1H2,2H3. The zero-order valence-electron chi connectivity index (χ0n) is 6.86. The average molecular weight is 159 g/mol. The van der Waals surface area contributed by atoms with Crippen molar-refractivity contribution in [3.05, 3.63) is 30.7 Å². The molecule has 0 aliphatic heterocycles. The van der Waals surface area contributed by atoms with Crippen LogP contribution in [0.3, 0.4) is 0 Å². The highest BCUT2D eigenvalue weighted by molar-refractivity contribution is 5.72. The molecule has 2 heterocycles. The zero-order valence-corrected chi connectivity index (χ0v) is 6.86. The largest absolute Gasteiger partial charge is 0.318 e. The average Bonchev–Trinajstić information content (AvgIpc) is 2.47. The topological polar surface area (TPSA) is 30.7 Å². The fraction of sp³-hybridized carbons (Fsp3) is 0.111. The Morgan fingerprint density at radius 2 is 2.33 bits per heavy atom. The number of imidazole rings is 1. The van der Waals surface area contributed by atoms with E-state index in [-0.39, 0.29) is 0 Å². The van der Waals surface area contributed by atoms with Gasteiger partial charge in [0.2, 0.25) is 0 Å². The number of rotatable bonds is 1. The van der Waals surface area contributed by atoms with Gasteiger partial charge in [-0.3, -0.25) is 0 Å². The maximum Gasteiger partial charge on any atom is 0.160 e. The number of hydrogen-bond donors (Lipinski definition) is 0. The van der Waals surface area contributed by atoms with Gasteiger partial charge in [-0.25, -0.2) is 9.97 Å². The quantitative estimate of drug-likeness (QED) is 0.633. The SMILES string of the molecule is C=Cc1ccc2ncn(C)c2n1. The van der Waals surface area contributed by atoms with Crippen LogP contribution in [0.2, 0.25) is 0 Å². The van der Waals surface area contributed by atoms with Crippen molar-refractivity contribution in [3.63, 3.8) is 0 Å². The summed E-state index contributed by atoms with van der Waals surface area (Å²) >= 11 is 0. The van der Waals surface area contributed by atoms with Crippen LogP contribution < -0.4 is 0 Å². The van der Waals surface area contributed by atoms with Gasteiger partial charge < -0.3 is 4.57 Å². The van der Waals surface area contributed by atoms with Crippen molar-refractivity contribution < 1.29 is 0 Å². The second-order valence-corrected chi connectivity index (χ2v) is 2.64. The number of hydrogen-bond acceptors (Lipinski definition) is 2. The summed E-state index contributed by atoms with van der Waals surface area (Å²) in [5.41, 5.74) is 2.70. The molecule has 0 radical (unpaired) electrons. The minimum absolute atomic E-state index is 0.881. The summed E-state index contributed by atoms with van der Waals surface area (Å²) in [6.45, 7) is 3.66. The molecule has 0 aromatic carbocycles. The Morgan fingerprint density at radius 1 is 1.50 bits per heavy atom. The minimum atomic E-state index is 0.881. The van der Waals surface area contributed by atoms with E-state index in [0.29, 0.717) is 0 Å². The lowest BCUT2D eigenvalue weighted by Gasteiger charge is -1.94. The maximum atomic E-state index is 4.34. The Bertz CT molecular complexity index is 428. The van der Waals surface area contributed by atoms with Crippen LogP contribution in [0.15, 0.2) is 25.0 Å².